The number of hydrogen-bond donors (Lipinski definition) is 1. The van der Waals surface area contributed by atoms with Gasteiger partial charge in [-0.25, -0.2) is 5.48 Å². The van der Waals surface area contributed by atoms with Gasteiger partial charge in [0, 0.05) is 5.02 Å². The van der Waals surface area contributed by atoms with Gasteiger partial charge in [0.05, 0.1) is 5.60 Å². The first-order valence-corrected chi connectivity index (χ1v) is 6.41. The van der Waals surface area contributed by atoms with Crippen molar-refractivity contribution in [3.8, 4) is 5.75 Å². The Morgan fingerprint density at radius 1 is 1.11 bits per heavy atom. The number of rotatable bonds is 4. The van der Waals surface area contributed by atoms with Gasteiger partial charge in [-0.1, -0.05) is 11.6 Å². The first kappa shape index (κ1) is 15.8. The van der Waals surface area contributed by atoms with Crippen LogP contribution in [-0.2, 0) is 9.63 Å². The highest BCUT2D eigenvalue weighted by atomic mass is 35.5. The first-order chi connectivity index (χ1) is 8.60. The molecule has 19 heavy (non-hydrogen) atoms. The lowest BCUT2D eigenvalue weighted by Gasteiger charge is -2.27. The van der Waals surface area contributed by atoms with E-state index in [1.807, 2.05) is 20.8 Å². The molecule has 0 aromatic heterocycles. The normalized spacial score (nSPS) is 12.1. The number of carbonyl (C=O) groups excluding carboxylic acids is 1. The average molecular weight is 286 g/mol. The molecule has 1 aromatic rings. The Morgan fingerprint density at radius 2 is 1.63 bits per heavy atom. The lowest BCUT2D eigenvalue weighted by Crippen LogP contribution is -2.48. The Hall–Kier alpha value is -1.26. The molecular formula is C14H20ClNO3. The van der Waals surface area contributed by atoms with Crippen LogP contribution in [0.3, 0.4) is 0 Å². The monoisotopic (exact) mass is 285 g/mol. The third kappa shape index (κ3) is 5.49. The van der Waals surface area contributed by atoms with E-state index in [-0.39, 0.29) is 5.91 Å². The van der Waals surface area contributed by atoms with Crippen LogP contribution in [0.5, 0.6) is 5.75 Å². The lowest BCUT2D eigenvalue weighted by molar-refractivity contribution is -0.158. The SMILES string of the molecule is CC(C)(C)ONC(=O)C(C)(C)Oc1ccc(Cl)cc1. The van der Waals surface area contributed by atoms with Crippen LogP contribution in [-0.4, -0.2) is 17.1 Å². The minimum atomic E-state index is -1.04. The van der Waals surface area contributed by atoms with E-state index in [4.69, 9.17) is 21.2 Å². The summed E-state index contributed by atoms with van der Waals surface area (Å²) in [5.74, 6) is 0.220. The number of hydroxylamine groups is 1. The number of carbonyl (C=O) groups is 1. The molecule has 0 aliphatic rings. The molecule has 0 atom stereocenters. The molecule has 0 spiro atoms. The van der Waals surface area contributed by atoms with Gasteiger partial charge in [0.2, 0.25) is 0 Å². The van der Waals surface area contributed by atoms with Crippen molar-refractivity contribution in [2.75, 3.05) is 0 Å². The van der Waals surface area contributed by atoms with Crippen LogP contribution in [0, 0.1) is 0 Å². The zero-order chi connectivity index (χ0) is 14.7. The Kier molecular flexibility index (Phi) is 4.82. The Labute approximate surface area is 119 Å². The molecule has 5 heteroatoms. The van der Waals surface area contributed by atoms with Crippen molar-refractivity contribution in [2.24, 2.45) is 0 Å². The van der Waals surface area contributed by atoms with Gasteiger partial charge in [-0.15, -0.1) is 0 Å². The fourth-order valence-electron chi connectivity index (χ4n) is 1.17. The minimum Gasteiger partial charge on any atom is -0.478 e. The number of halogens is 1. The van der Waals surface area contributed by atoms with E-state index in [2.05, 4.69) is 5.48 Å². The standard InChI is InChI=1S/C14H20ClNO3/c1-13(2,3)19-16-12(17)14(4,5)18-11-8-6-10(15)7-9-11/h6-9H,1-5H3,(H,16,17). The van der Waals surface area contributed by atoms with Crippen LogP contribution in [0.4, 0.5) is 0 Å². The molecule has 0 aliphatic heterocycles. The predicted octanol–water partition coefficient (Wildman–Crippen LogP) is 3.34. The van der Waals surface area contributed by atoms with E-state index in [1.54, 1.807) is 38.1 Å². The molecule has 1 rings (SSSR count). The van der Waals surface area contributed by atoms with Crippen LogP contribution >= 0.6 is 11.6 Å². The second kappa shape index (κ2) is 5.80. The van der Waals surface area contributed by atoms with Crippen molar-refractivity contribution < 1.29 is 14.4 Å². The third-order valence-corrected chi connectivity index (χ3v) is 2.44. The smallest absolute Gasteiger partial charge is 0.287 e. The van der Waals surface area contributed by atoms with E-state index in [0.717, 1.165) is 0 Å². The fourth-order valence-corrected chi connectivity index (χ4v) is 1.29. The zero-order valence-corrected chi connectivity index (χ0v) is 12.7. The van der Waals surface area contributed by atoms with Gasteiger partial charge in [-0.05, 0) is 58.9 Å². The Bertz CT molecular complexity index is 435. The van der Waals surface area contributed by atoms with Crippen LogP contribution in [0.25, 0.3) is 0 Å². The van der Waals surface area contributed by atoms with E-state index in [9.17, 15) is 4.79 Å². The highest BCUT2D eigenvalue weighted by molar-refractivity contribution is 6.30. The van der Waals surface area contributed by atoms with Gasteiger partial charge in [-0.2, -0.15) is 0 Å². The number of ether oxygens (including phenoxy) is 1. The lowest BCUT2D eigenvalue weighted by atomic mass is 10.1. The number of nitrogens with one attached hydrogen (secondary N) is 1. The summed E-state index contributed by atoms with van der Waals surface area (Å²) in [6.07, 6.45) is 0. The molecule has 0 saturated heterocycles. The van der Waals surface area contributed by atoms with Crippen molar-refractivity contribution in [2.45, 2.75) is 45.8 Å². The zero-order valence-electron chi connectivity index (χ0n) is 11.9. The molecule has 0 bridgehead atoms. The topological polar surface area (TPSA) is 47.6 Å². The summed E-state index contributed by atoms with van der Waals surface area (Å²) in [5.41, 5.74) is 0.910. The Balaban J connectivity index is 2.64. The molecule has 4 nitrogen and oxygen atoms in total. The molecule has 0 radical (unpaired) electrons. The minimum absolute atomic E-state index is 0.350. The van der Waals surface area contributed by atoms with Crippen LogP contribution in [0.1, 0.15) is 34.6 Å². The van der Waals surface area contributed by atoms with Crippen LogP contribution < -0.4 is 10.2 Å². The molecular weight excluding hydrogens is 266 g/mol. The fraction of sp³-hybridized carbons (Fsp3) is 0.500. The molecule has 1 amide bonds. The van der Waals surface area contributed by atoms with Crippen molar-refractivity contribution >= 4 is 17.5 Å². The molecule has 1 N–H and O–H groups in total. The van der Waals surface area contributed by atoms with Gasteiger partial charge < -0.3 is 4.74 Å². The maximum atomic E-state index is 12.0. The second-order valence-corrected chi connectivity index (χ2v) is 6.15. The molecule has 0 aliphatic carbocycles. The molecule has 0 heterocycles. The van der Waals surface area contributed by atoms with Gasteiger partial charge >= 0.3 is 0 Å². The van der Waals surface area contributed by atoms with Crippen molar-refractivity contribution in [1.82, 2.24) is 5.48 Å². The molecule has 106 valence electrons. The van der Waals surface area contributed by atoms with E-state index in [1.165, 1.54) is 0 Å². The van der Waals surface area contributed by atoms with Crippen molar-refractivity contribution in [3.63, 3.8) is 0 Å². The van der Waals surface area contributed by atoms with E-state index in [0.29, 0.717) is 10.8 Å². The summed E-state index contributed by atoms with van der Waals surface area (Å²) >= 11 is 5.79. The average Bonchev–Trinajstić information content (AvgIpc) is 2.27. The van der Waals surface area contributed by atoms with E-state index < -0.39 is 11.2 Å². The Morgan fingerprint density at radius 3 is 2.11 bits per heavy atom. The van der Waals surface area contributed by atoms with Gasteiger partial charge in [0.1, 0.15) is 5.75 Å². The summed E-state index contributed by atoms with van der Waals surface area (Å²) < 4.78 is 5.63. The first-order valence-electron chi connectivity index (χ1n) is 6.03. The third-order valence-electron chi connectivity index (χ3n) is 2.18. The summed E-state index contributed by atoms with van der Waals surface area (Å²) in [7, 11) is 0. The van der Waals surface area contributed by atoms with Gasteiger partial charge in [-0.3, -0.25) is 9.63 Å². The van der Waals surface area contributed by atoms with Crippen LogP contribution in [0.2, 0.25) is 5.02 Å². The van der Waals surface area contributed by atoms with Gasteiger partial charge in [0.25, 0.3) is 5.91 Å². The highest BCUT2D eigenvalue weighted by Crippen LogP contribution is 2.21. The van der Waals surface area contributed by atoms with Gasteiger partial charge in [0.15, 0.2) is 5.60 Å². The van der Waals surface area contributed by atoms with E-state index >= 15 is 0 Å². The van der Waals surface area contributed by atoms with Crippen LogP contribution in [0.15, 0.2) is 24.3 Å². The maximum absolute atomic E-state index is 12.0. The number of benzene rings is 1. The number of hydrogen-bond acceptors (Lipinski definition) is 3. The summed E-state index contributed by atoms with van der Waals surface area (Å²) in [4.78, 5) is 17.2. The largest absolute Gasteiger partial charge is 0.478 e. The maximum Gasteiger partial charge on any atom is 0.287 e. The molecule has 0 fully saturated rings. The second-order valence-electron chi connectivity index (χ2n) is 5.71. The quantitative estimate of drug-likeness (QED) is 0.863. The number of amides is 1. The summed E-state index contributed by atoms with van der Waals surface area (Å²) in [5, 5.41) is 0.616. The summed E-state index contributed by atoms with van der Waals surface area (Å²) in [6.45, 7) is 8.88. The molecule has 0 saturated carbocycles. The molecule has 1 aromatic carbocycles. The highest BCUT2D eigenvalue weighted by Gasteiger charge is 2.31. The van der Waals surface area contributed by atoms with Crippen molar-refractivity contribution in [1.29, 1.82) is 0 Å². The molecule has 0 unspecified atom stereocenters. The van der Waals surface area contributed by atoms with Crippen molar-refractivity contribution in [3.05, 3.63) is 29.3 Å². The summed E-state index contributed by atoms with van der Waals surface area (Å²) in [6, 6.07) is 6.83. The predicted molar refractivity (Wildman–Crippen MR) is 75.1 cm³/mol.